The molecule has 0 radical (unpaired) electrons. The molecule has 1 aliphatic heterocycles. The molecule has 1 heterocycles. The highest BCUT2D eigenvalue weighted by atomic mass is 16.5. The number of hydrogen-bond acceptors (Lipinski definition) is 2. The normalized spacial score (nSPS) is 22.8. The van der Waals surface area contributed by atoms with E-state index in [9.17, 15) is 0 Å². The van der Waals surface area contributed by atoms with Crippen LogP contribution in [-0.2, 0) is 4.74 Å². The molecule has 0 aliphatic carbocycles. The molecule has 0 aromatic heterocycles. The molecule has 1 saturated heterocycles. The number of ether oxygens (including phenoxy) is 1. The van der Waals surface area contributed by atoms with Crippen molar-refractivity contribution in [3.8, 4) is 0 Å². The van der Waals surface area contributed by atoms with Crippen molar-refractivity contribution in [3.63, 3.8) is 0 Å². The second kappa shape index (κ2) is 8.18. The van der Waals surface area contributed by atoms with Crippen LogP contribution in [0, 0.1) is 18.8 Å². The zero-order valence-corrected chi connectivity index (χ0v) is 14.0. The van der Waals surface area contributed by atoms with Crippen molar-refractivity contribution in [2.45, 2.75) is 39.7 Å². The molecule has 1 fully saturated rings. The summed E-state index contributed by atoms with van der Waals surface area (Å²) in [5.74, 6) is 1.50. The molecular formula is C18H29N3O. The maximum absolute atomic E-state index is 6.03. The minimum atomic E-state index is 0.153. The Labute approximate surface area is 134 Å². The summed E-state index contributed by atoms with van der Waals surface area (Å²) in [6, 6.07) is 8.65. The number of guanidine groups is 1. The summed E-state index contributed by atoms with van der Waals surface area (Å²) in [5, 5.41) is 3.27. The minimum absolute atomic E-state index is 0.153. The molecule has 3 N–H and O–H groups in total. The van der Waals surface area contributed by atoms with Gasteiger partial charge in [-0.15, -0.1) is 0 Å². The van der Waals surface area contributed by atoms with Gasteiger partial charge in [-0.2, -0.15) is 0 Å². The van der Waals surface area contributed by atoms with Gasteiger partial charge in [-0.1, -0.05) is 43.7 Å². The average Bonchev–Trinajstić information content (AvgIpc) is 2.52. The lowest BCUT2D eigenvalue weighted by Crippen LogP contribution is -2.39. The predicted molar refractivity (Wildman–Crippen MR) is 91.9 cm³/mol. The summed E-state index contributed by atoms with van der Waals surface area (Å²) in [7, 11) is 0. The van der Waals surface area contributed by atoms with Gasteiger partial charge >= 0.3 is 0 Å². The van der Waals surface area contributed by atoms with Gasteiger partial charge in [0.05, 0.1) is 6.10 Å². The molecule has 1 aliphatic rings. The number of benzene rings is 1. The number of nitrogens with zero attached hydrogens (tertiary/aromatic N) is 1. The molecule has 0 saturated carbocycles. The Hall–Kier alpha value is -1.55. The van der Waals surface area contributed by atoms with E-state index in [1.165, 1.54) is 11.1 Å². The molecule has 0 bridgehead atoms. The fourth-order valence-electron chi connectivity index (χ4n) is 2.75. The van der Waals surface area contributed by atoms with E-state index < -0.39 is 0 Å². The summed E-state index contributed by atoms with van der Waals surface area (Å²) < 4.78 is 6.03. The van der Waals surface area contributed by atoms with E-state index in [2.05, 4.69) is 55.3 Å². The van der Waals surface area contributed by atoms with Gasteiger partial charge in [-0.05, 0) is 31.2 Å². The summed E-state index contributed by atoms with van der Waals surface area (Å²) in [4.78, 5) is 4.36. The Balaban J connectivity index is 1.95. The van der Waals surface area contributed by atoms with Crippen molar-refractivity contribution >= 4 is 5.96 Å². The number of hydrogen-bond donors (Lipinski definition) is 2. The largest absolute Gasteiger partial charge is 0.373 e. The standard InChI is InChI=1S/C18H29N3O/c1-13(2)11-20-18(19)21-12-16-5-4-10-22-17(16)15-8-6-14(3)7-9-15/h6-9,13,16-17H,4-5,10-12H2,1-3H3,(H3,19,20,21). The molecule has 0 spiro atoms. The quantitative estimate of drug-likeness (QED) is 0.649. The monoisotopic (exact) mass is 303 g/mol. The van der Waals surface area contributed by atoms with E-state index in [0.29, 0.717) is 17.8 Å². The minimum Gasteiger partial charge on any atom is -0.373 e. The van der Waals surface area contributed by atoms with E-state index >= 15 is 0 Å². The molecule has 122 valence electrons. The van der Waals surface area contributed by atoms with Crippen molar-refractivity contribution in [1.82, 2.24) is 5.32 Å². The van der Waals surface area contributed by atoms with E-state index in [4.69, 9.17) is 10.5 Å². The highest BCUT2D eigenvalue weighted by Crippen LogP contribution is 2.33. The summed E-state index contributed by atoms with van der Waals surface area (Å²) in [6.07, 6.45) is 2.42. The van der Waals surface area contributed by atoms with E-state index in [1.54, 1.807) is 0 Å². The lowest BCUT2D eigenvalue weighted by Gasteiger charge is -2.32. The lowest BCUT2D eigenvalue weighted by atomic mass is 9.89. The highest BCUT2D eigenvalue weighted by molar-refractivity contribution is 5.77. The van der Waals surface area contributed by atoms with Crippen LogP contribution in [0.3, 0.4) is 0 Å². The van der Waals surface area contributed by atoms with Crippen molar-refractivity contribution < 1.29 is 4.74 Å². The predicted octanol–water partition coefficient (Wildman–Crippen LogP) is 3.02. The van der Waals surface area contributed by atoms with Crippen LogP contribution in [0.5, 0.6) is 0 Å². The smallest absolute Gasteiger partial charge is 0.188 e. The Bertz CT molecular complexity index is 482. The zero-order valence-electron chi connectivity index (χ0n) is 14.0. The molecule has 22 heavy (non-hydrogen) atoms. The molecular weight excluding hydrogens is 274 g/mol. The van der Waals surface area contributed by atoms with Crippen molar-refractivity contribution in [1.29, 1.82) is 0 Å². The number of aryl methyl sites for hydroxylation is 1. The second-order valence-corrected chi connectivity index (χ2v) is 6.61. The zero-order chi connectivity index (χ0) is 15.9. The molecule has 2 atom stereocenters. The number of nitrogens with two attached hydrogens (primary N) is 1. The third-order valence-electron chi connectivity index (χ3n) is 4.02. The molecule has 1 aromatic rings. The molecule has 0 amide bonds. The lowest BCUT2D eigenvalue weighted by molar-refractivity contribution is -0.0265. The second-order valence-electron chi connectivity index (χ2n) is 6.61. The first-order chi connectivity index (χ1) is 10.6. The van der Waals surface area contributed by atoms with E-state index in [-0.39, 0.29) is 6.10 Å². The maximum atomic E-state index is 6.03. The molecule has 4 heteroatoms. The van der Waals surface area contributed by atoms with Gasteiger partial charge in [0, 0.05) is 25.6 Å². The van der Waals surface area contributed by atoms with Crippen LogP contribution >= 0.6 is 0 Å². The topological polar surface area (TPSA) is 59.6 Å². The van der Waals surface area contributed by atoms with Gasteiger partial charge in [-0.25, -0.2) is 0 Å². The highest BCUT2D eigenvalue weighted by Gasteiger charge is 2.27. The van der Waals surface area contributed by atoms with E-state index in [1.807, 2.05) is 0 Å². The maximum Gasteiger partial charge on any atom is 0.188 e. The fourth-order valence-corrected chi connectivity index (χ4v) is 2.75. The van der Waals surface area contributed by atoms with Crippen LogP contribution in [0.1, 0.15) is 43.9 Å². The first-order valence-corrected chi connectivity index (χ1v) is 8.28. The summed E-state index contributed by atoms with van der Waals surface area (Å²) >= 11 is 0. The van der Waals surface area contributed by atoms with Crippen LogP contribution in [0.25, 0.3) is 0 Å². The summed E-state index contributed by atoms with van der Waals surface area (Å²) in [5.41, 5.74) is 8.48. The number of aliphatic imine (C=N–C) groups is 1. The molecule has 2 unspecified atom stereocenters. The van der Waals surface area contributed by atoms with Crippen molar-refractivity contribution in [2.75, 3.05) is 19.7 Å². The van der Waals surface area contributed by atoms with Gasteiger partial charge in [0.2, 0.25) is 0 Å². The Morgan fingerprint density at radius 3 is 2.77 bits per heavy atom. The molecule has 4 nitrogen and oxygen atoms in total. The van der Waals surface area contributed by atoms with Crippen molar-refractivity contribution in [3.05, 3.63) is 35.4 Å². The van der Waals surface area contributed by atoms with Crippen LogP contribution in [0.15, 0.2) is 29.3 Å². The average molecular weight is 303 g/mol. The molecule has 1 aromatic carbocycles. The Kier molecular flexibility index (Phi) is 6.25. The number of rotatable bonds is 5. The van der Waals surface area contributed by atoms with Crippen LogP contribution in [0.2, 0.25) is 0 Å². The third-order valence-corrected chi connectivity index (χ3v) is 4.02. The van der Waals surface area contributed by atoms with Gasteiger partial charge in [-0.3, -0.25) is 4.99 Å². The number of nitrogens with one attached hydrogen (secondary N) is 1. The van der Waals surface area contributed by atoms with Crippen LogP contribution in [0.4, 0.5) is 0 Å². The molecule has 2 rings (SSSR count). The Morgan fingerprint density at radius 2 is 2.09 bits per heavy atom. The van der Waals surface area contributed by atoms with Gasteiger partial charge in [0.15, 0.2) is 5.96 Å². The first kappa shape index (κ1) is 16.8. The van der Waals surface area contributed by atoms with E-state index in [0.717, 1.165) is 32.5 Å². The van der Waals surface area contributed by atoms with Crippen LogP contribution < -0.4 is 11.1 Å². The summed E-state index contributed by atoms with van der Waals surface area (Å²) in [6.45, 7) is 8.80. The third kappa shape index (κ3) is 5.02. The van der Waals surface area contributed by atoms with Crippen LogP contribution in [-0.4, -0.2) is 25.7 Å². The first-order valence-electron chi connectivity index (χ1n) is 8.28. The van der Waals surface area contributed by atoms with Gasteiger partial charge < -0.3 is 15.8 Å². The fraction of sp³-hybridized carbons (Fsp3) is 0.611. The van der Waals surface area contributed by atoms with Gasteiger partial charge in [0.1, 0.15) is 0 Å². The van der Waals surface area contributed by atoms with Crippen molar-refractivity contribution in [2.24, 2.45) is 22.6 Å². The Morgan fingerprint density at radius 1 is 1.36 bits per heavy atom. The SMILES string of the molecule is Cc1ccc(C2OCCCC2CNC(N)=NCC(C)C)cc1. The van der Waals surface area contributed by atoms with Gasteiger partial charge in [0.25, 0.3) is 0 Å².